The maximum absolute atomic E-state index is 12.6. The van der Waals surface area contributed by atoms with Crippen molar-refractivity contribution in [2.24, 2.45) is 0 Å². The number of thioether (sulfide) groups is 1. The van der Waals surface area contributed by atoms with Crippen LogP contribution in [0.2, 0.25) is 0 Å². The Balaban J connectivity index is 1.73. The van der Waals surface area contributed by atoms with Gasteiger partial charge in [0.05, 0.1) is 19.5 Å². The van der Waals surface area contributed by atoms with Gasteiger partial charge in [0.2, 0.25) is 11.1 Å². The van der Waals surface area contributed by atoms with Crippen molar-refractivity contribution in [1.82, 2.24) is 14.9 Å². The minimum atomic E-state index is -0.467. The fourth-order valence-corrected chi connectivity index (χ4v) is 3.75. The van der Waals surface area contributed by atoms with Gasteiger partial charge in [-0.3, -0.25) is 4.79 Å². The number of methoxy groups -OCH3 is 2. The van der Waals surface area contributed by atoms with Gasteiger partial charge in [-0.2, -0.15) is 0 Å². The average Bonchev–Trinajstić information content (AvgIpc) is 3.08. The molecule has 1 amide bonds. The fraction of sp³-hybridized carbons (Fsp3) is 0.211. The van der Waals surface area contributed by atoms with Gasteiger partial charge in [0.1, 0.15) is 11.5 Å². The van der Waals surface area contributed by atoms with Gasteiger partial charge in [0.25, 0.3) is 0 Å². The summed E-state index contributed by atoms with van der Waals surface area (Å²) in [6.07, 6.45) is 0. The lowest BCUT2D eigenvalue weighted by Gasteiger charge is -2.13. The second-order valence-corrected chi connectivity index (χ2v) is 8.17. The van der Waals surface area contributed by atoms with Gasteiger partial charge in [0, 0.05) is 33.9 Å². The van der Waals surface area contributed by atoms with E-state index in [4.69, 9.17) is 15.3 Å². The van der Waals surface area contributed by atoms with E-state index in [1.165, 1.54) is 16.4 Å². The number of ether oxygens (including phenoxy) is 2. The summed E-state index contributed by atoms with van der Waals surface area (Å²) in [5.74, 6) is 7.62. The van der Waals surface area contributed by atoms with Crippen molar-refractivity contribution in [3.8, 4) is 22.9 Å². The summed E-state index contributed by atoms with van der Waals surface area (Å²) in [5, 5.41) is 11.1. The second-order valence-electron chi connectivity index (χ2n) is 6.01. The lowest BCUT2D eigenvalue weighted by molar-refractivity contribution is -0.115. The first-order valence-electron chi connectivity index (χ1n) is 8.59. The number of amides is 1. The van der Waals surface area contributed by atoms with Crippen LogP contribution < -0.4 is 20.6 Å². The molecule has 3 N–H and O–H groups in total. The third kappa shape index (κ3) is 4.83. The maximum atomic E-state index is 12.6. The van der Waals surface area contributed by atoms with Crippen molar-refractivity contribution in [3.63, 3.8) is 0 Å². The number of rotatable bonds is 7. The molecule has 3 aromatic rings. The Hall–Kier alpha value is -2.72. The van der Waals surface area contributed by atoms with E-state index < -0.39 is 5.25 Å². The number of anilines is 1. The Morgan fingerprint density at radius 3 is 2.45 bits per heavy atom. The summed E-state index contributed by atoms with van der Waals surface area (Å²) in [6, 6.07) is 12.7. The number of nitrogen functional groups attached to an aromatic ring is 1. The number of carbonyl (C=O) groups is 1. The average molecular weight is 478 g/mol. The van der Waals surface area contributed by atoms with Crippen LogP contribution in [0.4, 0.5) is 5.69 Å². The van der Waals surface area contributed by atoms with E-state index in [9.17, 15) is 4.79 Å². The molecule has 1 heterocycles. The Kier molecular flexibility index (Phi) is 6.65. The standard InChI is InChI=1S/C19H20BrN5O3S/c1-11(18(26)22-12-8-13(27-2)10-14(9-12)28-3)29-19-24-23-17(25(19)21)15-6-4-5-7-16(15)20/h4-11H,21H2,1-3H3,(H,22,26). The third-order valence-electron chi connectivity index (χ3n) is 4.05. The second kappa shape index (κ2) is 9.19. The highest BCUT2D eigenvalue weighted by molar-refractivity contribution is 9.10. The van der Waals surface area contributed by atoms with Crippen molar-refractivity contribution in [2.75, 3.05) is 25.4 Å². The van der Waals surface area contributed by atoms with Crippen molar-refractivity contribution < 1.29 is 14.3 Å². The van der Waals surface area contributed by atoms with Crippen LogP contribution in [0.15, 0.2) is 52.1 Å². The number of hydrogen-bond acceptors (Lipinski definition) is 7. The van der Waals surface area contributed by atoms with E-state index >= 15 is 0 Å². The molecular formula is C19H20BrN5O3S. The molecule has 0 aliphatic carbocycles. The minimum absolute atomic E-state index is 0.212. The Morgan fingerprint density at radius 2 is 1.83 bits per heavy atom. The van der Waals surface area contributed by atoms with Crippen molar-refractivity contribution in [1.29, 1.82) is 0 Å². The molecule has 0 aliphatic rings. The highest BCUT2D eigenvalue weighted by Gasteiger charge is 2.21. The summed E-state index contributed by atoms with van der Waals surface area (Å²) in [6.45, 7) is 1.77. The fourth-order valence-electron chi connectivity index (χ4n) is 2.52. The maximum Gasteiger partial charge on any atom is 0.237 e. The van der Waals surface area contributed by atoms with E-state index in [1.807, 2.05) is 24.3 Å². The minimum Gasteiger partial charge on any atom is -0.497 e. The smallest absolute Gasteiger partial charge is 0.237 e. The van der Waals surface area contributed by atoms with Crippen LogP contribution >= 0.6 is 27.7 Å². The summed E-state index contributed by atoms with van der Waals surface area (Å²) in [5.41, 5.74) is 1.39. The molecular weight excluding hydrogens is 458 g/mol. The molecule has 29 heavy (non-hydrogen) atoms. The monoisotopic (exact) mass is 477 g/mol. The molecule has 0 bridgehead atoms. The van der Waals surface area contributed by atoms with E-state index in [0.29, 0.717) is 28.2 Å². The topological polar surface area (TPSA) is 104 Å². The van der Waals surface area contributed by atoms with Crippen LogP contribution in [-0.2, 0) is 4.79 Å². The first-order valence-corrected chi connectivity index (χ1v) is 10.3. The quantitative estimate of drug-likeness (QED) is 0.395. The molecule has 0 aliphatic heterocycles. The predicted octanol–water partition coefficient (Wildman–Crippen LogP) is 3.56. The van der Waals surface area contributed by atoms with Gasteiger partial charge in [-0.1, -0.05) is 39.8 Å². The van der Waals surface area contributed by atoms with E-state index in [1.54, 1.807) is 39.3 Å². The molecule has 3 rings (SSSR count). The number of hydrogen-bond donors (Lipinski definition) is 2. The molecule has 0 radical (unpaired) electrons. The molecule has 152 valence electrons. The van der Waals surface area contributed by atoms with Gasteiger partial charge in [-0.15, -0.1) is 10.2 Å². The third-order valence-corrected chi connectivity index (χ3v) is 5.80. The molecule has 0 fully saturated rings. The highest BCUT2D eigenvalue weighted by atomic mass is 79.9. The van der Waals surface area contributed by atoms with E-state index in [0.717, 1.165) is 10.0 Å². The molecule has 0 saturated heterocycles. The van der Waals surface area contributed by atoms with Crippen molar-refractivity contribution >= 4 is 39.3 Å². The molecule has 1 aromatic heterocycles. The van der Waals surface area contributed by atoms with Gasteiger partial charge >= 0.3 is 0 Å². The van der Waals surface area contributed by atoms with Gasteiger partial charge in [0.15, 0.2) is 5.82 Å². The number of aromatic nitrogens is 3. The summed E-state index contributed by atoms with van der Waals surface area (Å²) >= 11 is 4.70. The van der Waals surface area contributed by atoms with Crippen LogP contribution in [0.25, 0.3) is 11.4 Å². The lowest BCUT2D eigenvalue weighted by Crippen LogP contribution is -2.23. The van der Waals surface area contributed by atoms with Crippen LogP contribution in [0, 0.1) is 0 Å². The zero-order valence-corrected chi connectivity index (χ0v) is 18.5. The first kappa shape index (κ1) is 21.0. The Bertz CT molecular complexity index is 1000. The zero-order valence-electron chi connectivity index (χ0n) is 16.0. The Morgan fingerprint density at radius 1 is 1.17 bits per heavy atom. The number of nitrogens with two attached hydrogens (primary N) is 1. The van der Waals surface area contributed by atoms with Gasteiger partial charge in [-0.25, -0.2) is 4.68 Å². The number of nitrogens with zero attached hydrogens (tertiary/aromatic N) is 3. The zero-order chi connectivity index (χ0) is 21.0. The normalized spacial score (nSPS) is 11.7. The van der Waals surface area contributed by atoms with E-state index in [-0.39, 0.29) is 5.91 Å². The van der Waals surface area contributed by atoms with Crippen LogP contribution in [-0.4, -0.2) is 40.3 Å². The predicted molar refractivity (Wildman–Crippen MR) is 117 cm³/mol. The first-order chi connectivity index (χ1) is 13.9. The lowest BCUT2D eigenvalue weighted by atomic mass is 10.2. The highest BCUT2D eigenvalue weighted by Crippen LogP contribution is 2.30. The van der Waals surface area contributed by atoms with Crippen molar-refractivity contribution in [3.05, 3.63) is 46.9 Å². The number of nitrogens with one attached hydrogen (secondary N) is 1. The molecule has 10 heteroatoms. The van der Waals surface area contributed by atoms with E-state index in [2.05, 4.69) is 31.4 Å². The van der Waals surface area contributed by atoms with Crippen LogP contribution in [0.1, 0.15) is 6.92 Å². The number of benzene rings is 2. The van der Waals surface area contributed by atoms with Gasteiger partial charge in [-0.05, 0) is 19.1 Å². The number of halogens is 1. The largest absolute Gasteiger partial charge is 0.497 e. The molecule has 0 saturated carbocycles. The van der Waals surface area contributed by atoms with Gasteiger partial charge < -0.3 is 20.6 Å². The van der Waals surface area contributed by atoms with Crippen LogP contribution in [0.5, 0.6) is 11.5 Å². The molecule has 1 atom stereocenters. The summed E-state index contributed by atoms with van der Waals surface area (Å²) in [7, 11) is 3.10. The molecule has 8 nitrogen and oxygen atoms in total. The SMILES string of the molecule is COc1cc(NC(=O)C(C)Sc2nnc(-c3ccccc3Br)n2N)cc(OC)c1. The molecule has 0 spiro atoms. The Labute approximate surface area is 180 Å². The van der Waals surface area contributed by atoms with Crippen LogP contribution in [0.3, 0.4) is 0 Å². The summed E-state index contributed by atoms with van der Waals surface area (Å²) < 4.78 is 12.7. The van der Waals surface area contributed by atoms with Crippen molar-refractivity contribution in [2.45, 2.75) is 17.3 Å². The summed E-state index contributed by atoms with van der Waals surface area (Å²) in [4.78, 5) is 12.6. The molecule has 1 unspecified atom stereocenters. The molecule has 2 aromatic carbocycles. The number of carbonyl (C=O) groups excluding carboxylic acids is 1.